The summed E-state index contributed by atoms with van der Waals surface area (Å²) in [6.45, 7) is 7.82. The first-order valence-corrected chi connectivity index (χ1v) is 11.0. The number of aryl methyl sites for hydroxylation is 2. The predicted molar refractivity (Wildman–Crippen MR) is 127 cm³/mol. The molecule has 33 heavy (non-hydrogen) atoms. The zero-order chi connectivity index (χ0) is 23.3. The number of nitrogens with one attached hydrogen (secondary N) is 2. The number of anilines is 2. The van der Waals surface area contributed by atoms with Gasteiger partial charge in [0.15, 0.2) is 5.82 Å². The number of halogens is 1. The lowest BCUT2D eigenvalue weighted by Gasteiger charge is -2.38. The minimum Gasteiger partial charge on any atom is -0.368 e. The third-order valence-corrected chi connectivity index (χ3v) is 5.93. The van der Waals surface area contributed by atoms with Crippen LogP contribution in [-0.4, -0.2) is 50.8 Å². The topological polar surface area (TPSA) is 88.0 Å². The normalized spacial score (nSPS) is 18.8. The number of piperazine rings is 1. The molecule has 9 heteroatoms. The van der Waals surface area contributed by atoms with Gasteiger partial charge in [0, 0.05) is 66.8 Å². The SMILES string of the molecule is Cc1ncc2c(N3CC(C)NC(C)C3)ccc(C(=O)Nc3cc(F)c4nn(C)cc4c3)c2n1. The van der Waals surface area contributed by atoms with E-state index < -0.39 is 5.82 Å². The van der Waals surface area contributed by atoms with E-state index >= 15 is 0 Å². The van der Waals surface area contributed by atoms with Gasteiger partial charge in [-0.2, -0.15) is 5.10 Å². The summed E-state index contributed by atoms with van der Waals surface area (Å²) >= 11 is 0. The van der Waals surface area contributed by atoms with Crippen molar-refractivity contribution in [2.24, 2.45) is 7.05 Å². The smallest absolute Gasteiger partial charge is 0.257 e. The number of carbonyl (C=O) groups is 1. The number of hydrogen-bond acceptors (Lipinski definition) is 6. The maximum Gasteiger partial charge on any atom is 0.257 e. The summed E-state index contributed by atoms with van der Waals surface area (Å²) in [5.41, 5.74) is 2.64. The van der Waals surface area contributed by atoms with Crippen LogP contribution < -0.4 is 15.5 Å². The molecule has 1 amide bonds. The fraction of sp³-hybridized carbons (Fsp3) is 0.333. The van der Waals surface area contributed by atoms with Gasteiger partial charge in [-0.05, 0) is 45.0 Å². The second-order valence-electron chi connectivity index (χ2n) is 8.84. The van der Waals surface area contributed by atoms with E-state index in [9.17, 15) is 9.18 Å². The van der Waals surface area contributed by atoms with Crippen LogP contribution in [0.25, 0.3) is 21.8 Å². The summed E-state index contributed by atoms with van der Waals surface area (Å²) in [4.78, 5) is 24.5. The molecule has 170 valence electrons. The van der Waals surface area contributed by atoms with E-state index in [0.717, 1.165) is 24.2 Å². The molecule has 1 aliphatic heterocycles. The van der Waals surface area contributed by atoms with Crippen molar-refractivity contribution < 1.29 is 9.18 Å². The predicted octanol–water partition coefficient (Wildman–Crippen LogP) is 3.40. The molecule has 0 aliphatic carbocycles. The summed E-state index contributed by atoms with van der Waals surface area (Å²) < 4.78 is 16.0. The van der Waals surface area contributed by atoms with Crippen molar-refractivity contribution >= 4 is 39.1 Å². The van der Waals surface area contributed by atoms with E-state index in [1.165, 1.54) is 6.07 Å². The minimum absolute atomic E-state index is 0.271. The number of aromatic nitrogens is 4. The molecule has 1 aliphatic rings. The van der Waals surface area contributed by atoms with Crippen LogP contribution in [0, 0.1) is 12.7 Å². The molecule has 0 radical (unpaired) electrons. The Bertz CT molecular complexity index is 1370. The molecule has 3 heterocycles. The van der Waals surface area contributed by atoms with Crippen molar-refractivity contribution in [1.82, 2.24) is 25.1 Å². The van der Waals surface area contributed by atoms with Crippen molar-refractivity contribution in [2.45, 2.75) is 32.9 Å². The van der Waals surface area contributed by atoms with Crippen molar-refractivity contribution in [2.75, 3.05) is 23.3 Å². The first kappa shape index (κ1) is 21.3. The molecule has 2 aromatic heterocycles. The first-order valence-electron chi connectivity index (χ1n) is 11.0. The van der Waals surface area contributed by atoms with E-state index in [-0.39, 0.29) is 11.4 Å². The highest BCUT2D eigenvalue weighted by Crippen LogP contribution is 2.30. The molecule has 2 atom stereocenters. The lowest BCUT2D eigenvalue weighted by molar-refractivity contribution is 0.102. The Balaban J connectivity index is 1.53. The molecular formula is C24H26FN7O. The van der Waals surface area contributed by atoms with Crippen LogP contribution in [0.15, 0.2) is 36.7 Å². The molecule has 0 saturated carbocycles. The van der Waals surface area contributed by atoms with Gasteiger partial charge < -0.3 is 15.5 Å². The highest BCUT2D eigenvalue weighted by atomic mass is 19.1. The largest absolute Gasteiger partial charge is 0.368 e. The Morgan fingerprint density at radius 3 is 2.70 bits per heavy atom. The van der Waals surface area contributed by atoms with Gasteiger partial charge in [-0.3, -0.25) is 9.48 Å². The third-order valence-electron chi connectivity index (χ3n) is 5.93. The summed E-state index contributed by atoms with van der Waals surface area (Å²) in [5, 5.41) is 11.9. The van der Waals surface area contributed by atoms with Crippen molar-refractivity contribution in [3.05, 3.63) is 53.9 Å². The molecular weight excluding hydrogens is 421 g/mol. The van der Waals surface area contributed by atoms with Crippen LogP contribution in [0.3, 0.4) is 0 Å². The molecule has 0 spiro atoms. The quantitative estimate of drug-likeness (QED) is 0.501. The standard InChI is InChI=1S/C24H26FN7O/c1-13-10-32(11-14(2)27-13)21-6-5-18(23-19(21)9-26-15(3)28-23)24(33)29-17-7-16-12-31(4)30-22(16)20(25)8-17/h5-9,12-14,27H,10-11H2,1-4H3,(H,29,33). The summed E-state index contributed by atoms with van der Waals surface area (Å²) in [6.07, 6.45) is 3.49. The molecule has 0 bridgehead atoms. The number of fused-ring (bicyclic) bond motifs is 2. The van der Waals surface area contributed by atoms with Crippen molar-refractivity contribution in [3.8, 4) is 0 Å². The Labute approximate surface area is 190 Å². The van der Waals surface area contributed by atoms with Crippen LogP contribution in [0.5, 0.6) is 0 Å². The van der Waals surface area contributed by atoms with Crippen LogP contribution in [0.1, 0.15) is 30.0 Å². The fourth-order valence-electron chi connectivity index (χ4n) is 4.66. The number of nitrogens with zero attached hydrogens (tertiary/aromatic N) is 5. The van der Waals surface area contributed by atoms with E-state index in [1.54, 1.807) is 43.2 Å². The number of benzene rings is 2. The number of hydrogen-bond donors (Lipinski definition) is 2. The number of amides is 1. The molecule has 1 saturated heterocycles. The Kier molecular flexibility index (Phi) is 5.20. The lowest BCUT2D eigenvalue weighted by Crippen LogP contribution is -2.54. The monoisotopic (exact) mass is 447 g/mol. The van der Waals surface area contributed by atoms with Gasteiger partial charge in [-0.25, -0.2) is 14.4 Å². The highest BCUT2D eigenvalue weighted by Gasteiger charge is 2.24. The second-order valence-corrected chi connectivity index (χ2v) is 8.84. The van der Waals surface area contributed by atoms with Crippen LogP contribution >= 0.6 is 0 Å². The van der Waals surface area contributed by atoms with E-state index in [2.05, 4.69) is 44.4 Å². The summed E-state index contributed by atoms with van der Waals surface area (Å²) in [7, 11) is 1.73. The van der Waals surface area contributed by atoms with Gasteiger partial charge in [-0.1, -0.05) is 0 Å². The molecule has 2 unspecified atom stereocenters. The number of rotatable bonds is 3. The Morgan fingerprint density at radius 2 is 1.94 bits per heavy atom. The van der Waals surface area contributed by atoms with E-state index in [0.29, 0.717) is 40.1 Å². The van der Waals surface area contributed by atoms with E-state index in [1.807, 2.05) is 6.07 Å². The van der Waals surface area contributed by atoms with Crippen LogP contribution in [0.2, 0.25) is 0 Å². The van der Waals surface area contributed by atoms with Crippen LogP contribution in [-0.2, 0) is 7.05 Å². The fourth-order valence-corrected chi connectivity index (χ4v) is 4.66. The van der Waals surface area contributed by atoms with Gasteiger partial charge in [0.1, 0.15) is 11.3 Å². The molecule has 2 N–H and O–H groups in total. The minimum atomic E-state index is -0.483. The first-order chi connectivity index (χ1) is 15.8. The van der Waals surface area contributed by atoms with Gasteiger partial charge in [-0.15, -0.1) is 0 Å². The molecule has 5 rings (SSSR count). The maximum absolute atomic E-state index is 14.5. The highest BCUT2D eigenvalue weighted by molar-refractivity contribution is 6.14. The Hall–Kier alpha value is -3.59. The molecule has 4 aromatic rings. The van der Waals surface area contributed by atoms with Crippen molar-refractivity contribution in [3.63, 3.8) is 0 Å². The van der Waals surface area contributed by atoms with E-state index in [4.69, 9.17) is 0 Å². The van der Waals surface area contributed by atoms with Crippen LogP contribution in [0.4, 0.5) is 15.8 Å². The Morgan fingerprint density at radius 1 is 1.18 bits per heavy atom. The van der Waals surface area contributed by atoms with Crippen molar-refractivity contribution in [1.29, 1.82) is 0 Å². The summed E-state index contributed by atoms with van der Waals surface area (Å²) in [5.74, 6) is -0.253. The molecule has 1 fully saturated rings. The average Bonchev–Trinajstić information content (AvgIpc) is 3.12. The average molecular weight is 448 g/mol. The molecule has 2 aromatic carbocycles. The zero-order valence-corrected chi connectivity index (χ0v) is 19.1. The molecule has 8 nitrogen and oxygen atoms in total. The number of carbonyl (C=O) groups excluding carboxylic acids is 1. The maximum atomic E-state index is 14.5. The van der Waals surface area contributed by atoms with Gasteiger partial charge in [0.25, 0.3) is 5.91 Å². The van der Waals surface area contributed by atoms with Gasteiger partial charge >= 0.3 is 0 Å². The summed E-state index contributed by atoms with van der Waals surface area (Å²) in [6, 6.07) is 7.42. The van der Waals surface area contributed by atoms with Gasteiger partial charge in [0.2, 0.25) is 0 Å². The third kappa shape index (κ3) is 4.00. The zero-order valence-electron chi connectivity index (χ0n) is 19.1. The van der Waals surface area contributed by atoms with Gasteiger partial charge in [0.05, 0.1) is 11.1 Å². The lowest BCUT2D eigenvalue weighted by atomic mass is 10.0. The second kappa shape index (κ2) is 8.08.